The molecule has 0 saturated carbocycles. The normalized spacial score (nSPS) is 14.9. The van der Waals surface area contributed by atoms with Crippen LogP contribution in [0.15, 0.2) is 41.4 Å². The molecule has 2 amide bonds. The van der Waals surface area contributed by atoms with Crippen LogP contribution in [0.5, 0.6) is 0 Å². The van der Waals surface area contributed by atoms with Crippen molar-refractivity contribution in [3.05, 3.63) is 69.7 Å². The smallest absolute Gasteiger partial charge is 0.407 e. The van der Waals surface area contributed by atoms with Crippen molar-refractivity contribution in [2.24, 2.45) is 5.92 Å². The number of carbonyl (C=O) groups is 2. The molecule has 3 aromatic heterocycles. The van der Waals surface area contributed by atoms with Gasteiger partial charge in [0.1, 0.15) is 17.3 Å². The molecule has 1 aliphatic carbocycles. The second-order valence-corrected chi connectivity index (χ2v) is 9.02. The van der Waals surface area contributed by atoms with Gasteiger partial charge >= 0.3 is 6.09 Å². The molecular weight excluding hydrogens is 454 g/mol. The summed E-state index contributed by atoms with van der Waals surface area (Å²) >= 11 is 1.41. The summed E-state index contributed by atoms with van der Waals surface area (Å²) in [6.07, 6.45) is 9.60. The zero-order valence-corrected chi connectivity index (χ0v) is 19.4. The van der Waals surface area contributed by atoms with Gasteiger partial charge in [-0.2, -0.15) is 5.26 Å². The molecule has 34 heavy (non-hydrogen) atoms. The number of anilines is 1. The highest BCUT2D eigenvalue weighted by atomic mass is 32.1. The number of nitrogens with one attached hydrogen (secondary N) is 2. The van der Waals surface area contributed by atoms with Crippen LogP contribution >= 0.6 is 11.3 Å². The summed E-state index contributed by atoms with van der Waals surface area (Å²) in [5, 5.41) is 19.5. The number of aromatic nitrogens is 2. The molecule has 1 aliphatic rings. The fourth-order valence-corrected chi connectivity index (χ4v) is 5.01. The number of alkyl carbamates (subject to hydrolysis) is 1. The number of hydrogen-bond acceptors (Lipinski definition) is 8. The van der Waals surface area contributed by atoms with Gasteiger partial charge in [0, 0.05) is 28.9 Å². The van der Waals surface area contributed by atoms with Crippen molar-refractivity contribution in [2.45, 2.75) is 32.7 Å². The molecule has 0 aliphatic heterocycles. The molecule has 10 heteroatoms. The largest absolute Gasteiger partial charge is 0.449 e. The summed E-state index contributed by atoms with van der Waals surface area (Å²) < 4.78 is 10.2. The van der Waals surface area contributed by atoms with E-state index in [2.05, 4.69) is 26.8 Å². The second kappa shape index (κ2) is 10.8. The summed E-state index contributed by atoms with van der Waals surface area (Å²) in [5.74, 6) is -0.159. The third-order valence-corrected chi connectivity index (χ3v) is 6.72. The fraction of sp³-hybridized carbons (Fsp3) is 0.292. The Morgan fingerprint density at radius 3 is 3.06 bits per heavy atom. The molecule has 2 N–H and O–H groups in total. The van der Waals surface area contributed by atoms with Gasteiger partial charge in [0.15, 0.2) is 0 Å². The predicted molar refractivity (Wildman–Crippen MR) is 126 cm³/mol. The van der Waals surface area contributed by atoms with E-state index in [9.17, 15) is 14.9 Å². The van der Waals surface area contributed by atoms with Crippen LogP contribution in [-0.2, 0) is 28.9 Å². The molecule has 3 aromatic rings. The maximum absolute atomic E-state index is 12.4. The van der Waals surface area contributed by atoms with Gasteiger partial charge in [-0.25, -0.2) is 4.79 Å². The predicted octanol–water partition coefficient (Wildman–Crippen LogP) is 3.99. The van der Waals surface area contributed by atoms with E-state index >= 15 is 0 Å². The van der Waals surface area contributed by atoms with Crippen LogP contribution < -0.4 is 10.6 Å². The first kappa shape index (κ1) is 23.2. The van der Waals surface area contributed by atoms with E-state index in [0.29, 0.717) is 23.4 Å². The van der Waals surface area contributed by atoms with E-state index in [0.717, 1.165) is 33.7 Å². The number of nitrogens with zero attached hydrogens (tertiary/aromatic N) is 3. The van der Waals surface area contributed by atoms with Crippen molar-refractivity contribution in [2.75, 3.05) is 11.9 Å². The Morgan fingerprint density at radius 1 is 1.44 bits per heavy atom. The lowest BCUT2D eigenvalue weighted by molar-refractivity contribution is -0.111. The monoisotopic (exact) mass is 477 g/mol. The maximum Gasteiger partial charge on any atom is 0.407 e. The van der Waals surface area contributed by atoms with E-state index in [-0.39, 0.29) is 25.0 Å². The summed E-state index contributed by atoms with van der Waals surface area (Å²) in [5.41, 5.74) is 3.83. The number of carbonyl (C=O) groups excluding carboxylic acids is 2. The highest BCUT2D eigenvalue weighted by molar-refractivity contribution is 7.16. The van der Waals surface area contributed by atoms with Crippen LogP contribution in [0.2, 0.25) is 0 Å². The second-order valence-electron chi connectivity index (χ2n) is 7.91. The minimum absolute atomic E-state index is 0.148. The molecule has 9 nitrogen and oxygen atoms in total. The average molecular weight is 478 g/mol. The first-order valence-electron chi connectivity index (χ1n) is 10.8. The number of pyridine rings is 1. The lowest BCUT2D eigenvalue weighted by Gasteiger charge is -2.21. The van der Waals surface area contributed by atoms with Gasteiger partial charge in [0.2, 0.25) is 5.91 Å². The van der Waals surface area contributed by atoms with E-state index in [1.165, 1.54) is 23.7 Å². The molecule has 4 rings (SSSR count). The molecule has 0 saturated heterocycles. The summed E-state index contributed by atoms with van der Waals surface area (Å²) in [4.78, 5) is 29.5. The molecule has 174 valence electrons. The van der Waals surface area contributed by atoms with Crippen LogP contribution in [0.1, 0.15) is 39.2 Å². The van der Waals surface area contributed by atoms with E-state index in [4.69, 9.17) is 9.26 Å². The van der Waals surface area contributed by atoms with Crippen molar-refractivity contribution in [1.29, 1.82) is 5.26 Å². The quantitative estimate of drug-likeness (QED) is 0.492. The fourth-order valence-electron chi connectivity index (χ4n) is 3.70. The van der Waals surface area contributed by atoms with Gasteiger partial charge < -0.3 is 19.9 Å². The molecule has 0 bridgehead atoms. The van der Waals surface area contributed by atoms with Crippen molar-refractivity contribution in [1.82, 2.24) is 15.5 Å². The summed E-state index contributed by atoms with van der Waals surface area (Å²) in [6, 6.07) is 5.87. The summed E-state index contributed by atoms with van der Waals surface area (Å²) in [7, 11) is 0. The van der Waals surface area contributed by atoms with Gasteiger partial charge in [0.05, 0.1) is 24.4 Å². The standard InChI is InChI=1S/C24H23N5O4S/c1-15-18(14-33-29-15)12-27-24(31)32-13-17-4-6-19-20(10-25)23(34-21(19)9-17)28-22(30)7-5-16-3-2-8-26-11-16/h2-3,5,7-8,11,14,17H,4,6,9,12-13H2,1H3,(H,27,31)(H,28,30)/b7-5+. The number of fused-ring (bicyclic) bond motifs is 1. The van der Waals surface area contributed by atoms with E-state index < -0.39 is 6.09 Å². The maximum atomic E-state index is 12.4. The van der Waals surface area contributed by atoms with Crippen molar-refractivity contribution >= 4 is 34.4 Å². The molecule has 1 atom stereocenters. The van der Waals surface area contributed by atoms with Crippen LogP contribution in [0.4, 0.5) is 9.80 Å². The van der Waals surface area contributed by atoms with Gasteiger partial charge in [-0.05, 0) is 55.4 Å². The molecule has 3 heterocycles. The lowest BCUT2D eigenvalue weighted by atomic mass is 9.88. The van der Waals surface area contributed by atoms with Crippen LogP contribution in [0, 0.1) is 24.2 Å². The Kier molecular flexibility index (Phi) is 7.34. The van der Waals surface area contributed by atoms with Gasteiger partial charge in [-0.3, -0.25) is 9.78 Å². The van der Waals surface area contributed by atoms with Crippen LogP contribution in [-0.4, -0.2) is 28.7 Å². The Hall–Kier alpha value is -3.97. The van der Waals surface area contributed by atoms with Crippen LogP contribution in [0.3, 0.4) is 0 Å². The molecule has 0 fully saturated rings. The average Bonchev–Trinajstić information content (AvgIpc) is 3.42. The first-order valence-corrected chi connectivity index (χ1v) is 11.6. The highest BCUT2D eigenvalue weighted by Crippen LogP contribution is 2.39. The topological polar surface area (TPSA) is 130 Å². The van der Waals surface area contributed by atoms with Gasteiger partial charge in [0.25, 0.3) is 0 Å². The van der Waals surface area contributed by atoms with E-state index in [1.54, 1.807) is 31.5 Å². The highest BCUT2D eigenvalue weighted by Gasteiger charge is 2.27. The zero-order valence-electron chi connectivity index (χ0n) is 18.5. The SMILES string of the molecule is Cc1nocc1CNC(=O)OCC1CCc2c(sc(NC(=O)/C=C/c3cccnc3)c2C#N)C1. The van der Waals surface area contributed by atoms with Crippen molar-refractivity contribution < 1.29 is 18.8 Å². The number of aryl methyl sites for hydroxylation is 1. The number of ether oxygens (including phenoxy) is 1. The zero-order chi connectivity index (χ0) is 23.9. The van der Waals surface area contributed by atoms with Crippen molar-refractivity contribution in [3.8, 4) is 6.07 Å². The Bertz CT molecular complexity index is 1240. The Morgan fingerprint density at radius 2 is 2.32 bits per heavy atom. The first-order chi connectivity index (χ1) is 16.5. The molecular formula is C24H23N5O4S. The number of amides is 2. The molecule has 1 unspecified atom stereocenters. The molecule has 0 radical (unpaired) electrons. The number of thiophene rings is 1. The van der Waals surface area contributed by atoms with Crippen molar-refractivity contribution in [3.63, 3.8) is 0 Å². The Labute approximate surface area is 200 Å². The lowest BCUT2D eigenvalue weighted by Crippen LogP contribution is -2.27. The summed E-state index contributed by atoms with van der Waals surface area (Å²) in [6.45, 7) is 2.37. The third kappa shape index (κ3) is 5.68. The third-order valence-electron chi connectivity index (χ3n) is 5.55. The minimum atomic E-state index is -0.497. The minimum Gasteiger partial charge on any atom is -0.449 e. The van der Waals surface area contributed by atoms with Crippen LogP contribution in [0.25, 0.3) is 6.08 Å². The molecule has 0 spiro atoms. The van der Waals surface area contributed by atoms with Gasteiger partial charge in [-0.15, -0.1) is 11.3 Å². The number of hydrogen-bond donors (Lipinski definition) is 2. The Balaban J connectivity index is 1.31. The van der Waals surface area contributed by atoms with Gasteiger partial charge in [-0.1, -0.05) is 11.2 Å². The number of rotatable bonds is 7. The number of nitriles is 1. The molecule has 0 aromatic carbocycles. The van der Waals surface area contributed by atoms with E-state index in [1.807, 2.05) is 6.07 Å².